The van der Waals surface area contributed by atoms with E-state index in [1.807, 2.05) is 0 Å². The lowest BCUT2D eigenvalue weighted by Gasteiger charge is -2.19. The van der Waals surface area contributed by atoms with Crippen molar-refractivity contribution in [2.75, 3.05) is 12.3 Å². The number of aliphatic hydroxyl groups is 1. The molecule has 21 heteroatoms. The second-order valence-electron chi connectivity index (χ2n) is 6.41. The van der Waals surface area contributed by atoms with Crippen LogP contribution < -0.4 is 11.3 Å². The second kappa shape index (κ2) is 9.01. The summed E-state index contributed by atoms with van der Waals surface area (Å²) in [6.45, 7) is -0.894. The number of nitrogens with zero attached hydrogens (tertiary/aromatic N) is 3. The quantitative estimate of drug-likeness (QED) is 0.152. The highest BCUT2D eigenvalue weighted by Gasteiger charge is 2.47. The van der Waals surface area contributed by atoms with Crippen molar-refractivity contribution in [2.24, 2.45) is 5.92 Å². The van der Waals surface area contributed by atoms with Crippen LogP contribution in [0.1, 0.15) is 6.23 Å². The van der Waals surface area contributed by atoms with Crippen LogP contribution in [0.4, 0.5) is 5.95 Å². The number of aromatic nitrogens is 4. The molecule has 3 rings (SSSR count). The zero-order chi connectivity index (χ0) is 24.8. The summed E-state index contributed by atoms with van der Waals surface area (Å²) in [5, 5.41) is 10.6. The first-order valence-corrected chi connectivity index (χ1v) is 12.9. The zero-order valence-electron chi connectivity index (χ0n) is 15.9. The van der Waals surface area contributed by atoms with Gasteiger partial charge in [0.2, 0.25) is 5.95 Å². The van der Waals surface area contributed by atoms with Crippen LogP contribution in [0.3, 0.4) is 0 Å². The lowest BCUT2D eigenvalue weighted by Crippen LogP contribution is -2.27. The van der Waals surface area contributed by atoms with Gasteiger partial charge in [-0.2, -0.15) is 13.6 Å². The molecule has 0 saturated carbocycles. The molecule has 2 aromatic rings. The Morgan fingerprint density at radius 2 is 1.91 bits per heavy atom. The maximum Gasteiger partial charge on any atom is 0.490 e. The fraction of sp³-hybridized carbons (Fsp3) is 0.417. The first-order valence-electron chi connectivity index (χ1n) is 8.43. The SMILES string of the molecule is C#C[C@H]1[C@@H](O)[C@H](n2cnc3c(=O)[nH]c(N)nc32)O[C@@H]1COP(=O)(O)OP(=O)(O)OP(=O)(O)O. The summed E-state index contributed by atoms with van der Waals surface area (Å²) in [7, 11) is -16.7. The van der Waals surface area contributed by atoms with Gasteiger partial charge in [0, 0.05) is 0 Å². The normalized spacial score (nSPS) is 27.2. The summed E-state index contributed by atoms with van der Waals surface area (Å²) < 4.78 is 52.4. The van der Waals surface area contributed by atoms with Crippen LogP contribution in [0, 0.1) is 18.3 Å². The number of aliphatic hydroxyl groups excluding tert-OH is 1. The number of anilines is 1. The average Bonchev–Trinajstić information content (AvgIpc) is 3.17. The van der Waals surface area contributed by atoms with E-state index >= 15 is 0 Å². The number of H-pyrrole nitrogens is 1. The maximum atomic E-state index is 11.9. The fourth-order valence-electron chi connectivity index (χ4n) is 2.92. The van der Waals surface area contributed by atoms with Crippen LogP contribution in [0.5, 0.6) is 0 Å². The molecule has 3 heterocycles. The van der Waals surface area contributed by atoms with Crippen molar-refractivity contribution in [2.45, 2.75) is 18.4 Å². The Hall–Kier alpha value is -1.96. The number of rotatable bonds is 8. The molecular weight excluding hydrogens is 515 g/mol. The highest BCUT2D eigenvalue weighted by Crippen LogP contribution is 2.66. The largest absolute Gasteiger partial charge is 0.490 e. The standard InChI is InChI=1S/C12H16N5O13P3/c1-2-5-6(3-27-32(23,24)30-33(25,26)29-31(20,21)22)28-11(8(5)18)17-4-14-7-9(17)15-12(13)16-10(7)19/h1,4-6,8,11,18H,3H2,(H,23,24)(H,25,26)(H2,20,21,22)(H3,13,15,16,19)/t5-,6-,8-,11-/m1/s1. The third kappa shape index (κ3) is 5.94. The molecule has 0 aromatic carbocycles. The first-order chi connectivity index (χ1) is 15.1. The molecule has 0 amide bonds. The first kappa shape index (κ1) is 25.7. The van der Waals surface area contributed by atoms with Crippen LogP contribution in [-0.2, 0) is 31.6 Å². The number of imidazole rings is 1. The molecule has 6 atom stereocenters. The van der Waals surface area contributed by atoms with Crippen molar-refractivity contribution < 1.29 is 56.3 Å². The number of nitrogen functional groups attached to an aromatic ring is 1. The van der Waals surface area contributed by atoms with Gasteiger partial charge >= 0.3 is 23.5 Å². The van der Waals surface area contributed by atoms with Gasteiger partial charge in [-0.05, 0) is 0 Å². The lowest BCUT2D eigenvalue weighted by molar-refractivity contribution is -0.0483. The van der Waals surface area contributed by atoms with Crippen molar-refractivity contribution in [1.29, 1.82) is 0 Å². The highest BCUT2D eigenvalue weighted by atomic mass is 31.3. The number of hydrogen-bond donors (Lipinski definition) is 7. The predicted molar refractivity (Wildman–Crippen MR) is 105 cm³/mol. The Balaban J connectivity index is 1.77. The highest BCUT2D eigenvalue weighted by molar-refractivity contribution is 7.66. The number of fused-ring (bicyclic) bond motifs is 1. The van der Waals surface area contributed by atoms with Crippen molar-refractivity contribution in [3.63, 3.8) is 0 Å². The topological polar surface area (TPSA) is 279 Å². The summed E-state index contributed by atoms with van der Waals surface area (Å²) in [6.07, 6.45) is 2.41. The van der Waals surface area contributed by atoms with Gasteiger partial charge in [-0.25, -0.2) is 18.7 Å². The summed E-state index contributed by atoms with van der Waals surface area (Å²) in [4.78, 5) is 57.7. The van der Waals surface area contributed by atoms with E-state index in [0.717, 1.165) is 10.9 Å². The predicted octanol–water partition coefficient (Wildman–Crippen LogP) is -1.45. The molecule has 0 aliphatic carbocycles. The van der Waals surface area contributed by atoms with Crippen LogP contribution in [-0.4, -0.2) is 63.0 Å². The Morgan fingerprint density at radius 3 is 2.52 bits per heavy atom. The van der Waals surface area contributed by atoms with E-state index in [0.29, 0.717) is 0 Å². The van der Waals surface area contributed by atoms with E-state index in [9.17, 15) is 33.4 Å². The number of phosphoric acid groups is 3. The number of ether oxygens (including phenoxy) is 1. The number of hydrogen-bond acceptors (Lipinski definition) is 12. The van der Waals surface area contributed by atoms with E-state index < -0.39 is 60.0 Å². The molecule has 182 valence electrons. The van der Waals surface area contributed by atoms with Gasteiger partial charge in [-0.3, -0.25) is 18.9 Å². The van der Waals surface area contributed by atoms with Gasteiger partial charge in [-0.1, -0.05) is 5.92 Å². The molecule has 1 aliphatic rings. The number of aromatic amines is 1. The smallest absolute Gasteiger partial charge is 0.387 e. The van der Waals surface area contributed by atoms with Gasteiger partial charge in [0.25, 0.3) is 5.56 Å². The van der Waals surface area contributed by atoms with Gasteiger partial charge in [-0.15, -0.1) is 6.42 Å². The van der Waals surface area contributed by atoms with E-state index in [1.54, 1.807) is 0 Å². The van der Waals surface area contributed by atoms with Crippen molar-refractivity contribution >= 4 is 40.6 Å². The number of phosphoric ester groups is 1. The fourth-order valence-corrected chi connectivity index (χ4v) is 5.95. The van der Waals surface area contributed by atoms with Crippen molar-refractivity contribution in [1.82, 2.24) is 19.5 Å². The third-order valence-corrected chi connectivity index (χ3v) is 7.91. The molecule has 1 saturated heterocycles. The number of nitrogens with one attached hydrogen (secondary N) is 1. The molecule has 33 heavy (non-hydrogen) atoms. The number of nitrogens with two attached hydrogens (primary N) is 1. The molecule has 2 unspecified atom stereocenters. The van der Waals surface area contributed by atoms with Gasteiger partial charge in [0.05, 0.1) is 18.9 Å². The molecule has 2 aromatic heterocycles. The molecule has 0 bridgehead atoms. The second-order valence-corrected chi connectivity index (χ2v) is 10.8. The Labute approximate surface area is 182 Å². The van der Waals surface area contributed by atoms with E-state index in [1.165, 1.54) is 0 Å². The molecule has 0 spiro atoms. The minimum Gasteiger partial charge on any atom is -0.387 e. The van der Waals surface area contributed by atoms with Crippen LogP contribution in [0.25, 0.3) is 11.2 Å². The summed E-state index contributed by atoms with van der Waals surface area (Å²) in [5.74, 6) is 0.778. The molecule has 0 radical (unpaired) electrons. The van der Waals surface area contributed by atoms with E-state index in [2.05, 4.69) is 34.0 Å². The van der Waals surface area contributed by atoms with Crippen LogP contribution in [0.15, 0.2) is 11.1 Å². The third-order valence-electron chi connectivity index (χ3n) is 4.11. The minimum absolute atomic E-state index is 0.0652. The zero-order valence-corrected chi connectivity index (χ0v) is 18.6. The summed E-state index contributed by atoms with van der Waals surface area (Å²) in [5.41, 5.74) is 4.65. The Bertz CT molecular complexity index is 1300. The minimum atomic E-state index is -5.72. The van der Waals surface area contributed by atoms with E-state index in [-0.39, 0.29) is 17.1 Å². The Kier molecular flexibility index (Phi) is 7.00. The summed E-state index contributed by atoms with van der Waals surface area (Å²) in [6, 6.07) is 0. The molecule has 1 fully saturated rings. The van der Waals surface area contributed by atoms with E-state index in [4.69, 9.17) is 26.7 Å². The number of terminal acetylenes is 1. The van der Waals surface area contributed by atoms with Gasteiger partial charge in [0.1, 0.15) is 12.2 Å². The molecular formula is C12H16N5O13P3. The average molecular weight is 531 g/mol. The summed E-state index contributed by atoms with van der Waals surface area (Å²) >= 11 is 0. The maximum absolute atomic E-state index is 11.9. The van der Waals surface area contributed by atoms with Gasteiger partial charge < -0.3 is 35.2 Å². The van der Waals surface area contributed by atoms with Crippen molar-refractivity contribution in [3.8, 4) is 12.3 Å². The Morgan fingerprint density at radius 1 is 1.24 bits per heavy atom. The molecule has 1 aliphatic heterocycles. The molecule has 18 nitrogen and oxygen atoms in total. The lowest BCUT2D eigenvalue weighted by atomic mass is 9.99. The van der Waals surface area contributed by atoms with Crippen LogP contribution >= 0.6 is 23.5 Å². The monoisotopic (exact) mass is 531 g/mol. The van der Waals surface area contributed by atoms with Crippen LogP contribution in [0.2, 0.25) is 0 Å². The van der Waals surface area contributed by atoms with Gasteiger partial charge in [0.15, 0.2) is 17.4 Å². The molecule has 8 N–H and O–H groups in total. The van der Waals surface area contributed by atoms with Crippen molar-refractivity contribution in [3.05, 3.63) is 16.7 Å².